The molecule has 0 aromatic heterocycles. The summed E-state index contributed by atoms with van der Waals surface area (Å²) >= 11 is 0. The summed E-state index contributed by atoms with van der Waals surface area (Å²) in [6.45, 7) is 9.41. The van der Waals surface area contributed by atoms with Crippen molar-refractivity contribution in [2.45, 2.75) is 161 Å². The normalized spacial score (nSPS) is 17.1. The molecule has 1 aliphatic heterocycles. The second-order valence-electron chi connectivity index (χ2n) is 18.4. The van der Waals surface area contributed by atoms with Crippen LogP contribution in [-0.2, 0) is 52.7 Å². The number of ketones is 3. The van der Waals surface area contributed by atoms with E-state index in [0.717, 1.165) is 0 Å². The fourth-order valence-electron chi connectivity index (χ4n) is 7.58. The number of aliphatic hydroxyl groups is 3. The molecular formula is C45H77N9O14. The smallest absolute Gasteiger partial charge is 0.245 e. The minimum Gasteiger partial charge on any atom is -0.394 e. The van der Waals surface area contributed by atoms with Crippen LogP contribution >= 0.6 is 0 Å². The van der Waals surface area contributed by atoms with Crippen molar-refractivity contribution in [3.05, 3.63) is 0 Å². The maximum absolute atomic E-state index is 13.3. The van der Waals surface area contributed by atoms with Gasteiger partial charge in [-0.25, -0.2) is 0 Å². The summed E-state index contributed by atoms with van der Waals surface area (Å²) in [5.41, 5.74) is 10.9. The van der Waals surface area contributed by atoms with Crippen LogP contribution in [0.3, 0.4) is 0 Å². The third kappa shape index (κ3) is 21.7. The predicted molar refractivity (Wildman–Crippen MR) is 246 cm³/mol. The number of hydrogen-bond donors (Lipinski definition) is 11. The topological polar surface area (TPSA) is 376 Å². The van der Waals surface area contributed by atoms with E-state index in [0.29, 0.717) is 32.2 Å². The molecule has 1 heterocycles. The Bertz CT molecular complexity index is 1760. The molecule has 0 saturated carbocycles. The van der Waals surface area contributed by atoms with Gasteiger partial charge in [0.25, 0.3) is 0 Å². The molecule has 0 unspecified atom stereocenters. The molecule has 0 bridgehead atoms. The Morgan fingerprint density at radius 2 is 1.26 bits per heavy atom. The highest BCUT2D eigenvalue weighted by molar-refractivity contribution is 5.98. The number of carbonyl (C=O) groups excluding carboxylic acids is 11. The van der Waals surface area contributed by atoms with Crippen LogP contribution in [0.4, 0.5) is 0 Å². The van der Waals surface area contributed by atoms with Crippen LogP contribution in [0.1, 0.15) is 119 Å². The average molecular weight is 968 g/mol. The Hall–Kier alpha value is -5.39. The van der Waals surface area contributed by atoms with E-state index in [2.05, 4.69) is 31.9 Å². The Balaban J connectivity index is 2.84. The van der Waals surface area contributed by atoms with Crippen LogP contribution in [0.25, 0.3) is 0 Å². The standard InChI is InChI=1S/C45H77N9O14/c1-24(2)17-31(51-42(65)29(19-26(5)57)11-8-9-15-46)36(59)13-14-38(61)50-33(22-55)37(60)20-30(28(7)58)43(66)48-21-39(62)54-16-10-12-35(54)45(68)49-27(6)41(64)53-34(23-56)44(67)52-32(40(47)63)18-25(3)4/h24-25,27-35,55-56,58H,8-23,46H2,1-7H3,(H2,47,63)(H,48,66)(H,49,68)(H,50,61)(H,51,65)(H,52,67)(H,53,64)/t27-,28+,29+,30-,31-,32-,33-,34-,35-/m0/s1. The summed E-state index contributed by atoms with van der Waals surface area (Å²) in [5, 5.41) is 44.8. The van der Waals surface area contributed by atoms with Crippen LogP contribution < -0.4 is 43.4 Å². The second-order valence-corrected chi connectivity index (χ2v) is 18.4. The van der Waals surface area contributed by atoms with Crippen molar-refractivity contribution in [3.63, 3.8) is 0 Å². The van der Waals surface area contributed by atoms with Gasteiger partial charge in [-0.2, -0.15) is 0 Å². The second kappa shape index (κ2) is 30.9. The lowest BCUT2D eigenvalue weighted by Crippen LogP contribution is -2.58. The Morgan fingerprint density at radius 1 is 0.676 bits per heavy atom. The summed E-state index contributed by atoms with van der Waals surface area (Å²) in [7, 11) is 0. The van der Waals surface area contributed by atoms with Crippen molar-refractivity contribution >= 4 is 64.6 Å². The van der Waals surface area contributed by atoms with Gasteiger partial charge in [0, 0.05) is 38.1 Å². The van der Waals surface area contributed by atoms with E-state index in [9.17, 15) is 68.1 Å². The van der Waals surface area contributed by atoms with Crippen molar-refractivity contribution in [1.29, 1.82) is 0 Å². The maximum atomic E-state index is 13.3. The van der Waals surface area contributed by atoms with Gasteiger partial charge in [-0.05, 0) is 77.7 Å². The molecule has 23 nitrogen and oxygen atoms in total. The number of nitrogens with zero attached hydrogens (tertiary/aromatic N) is 1. The molecule has 68 heavy (non-hydrogen) atoms. The van der Waals surface area contributed by atoms with Gasteiger partial charge in [0.1, 0.15) is 36.0 Å². The fraction of sp³-hybridized carbons (Fsp3) is 0.756. The summed E-state index contributed by atoms with van der Waals surface area (Å²) < 4.78 is 0. The van der Waals surface area contributed by atoms with Crippen LogP contribution in [0, 0.1) is 23.7 Å². The summed E-state index contributed by atoms with van der Waals surface area (Å²) in [4.78, 5) is 143. The first-order valence-electron chi connectivity index (χ1n) is 23.4. The summed E-state index contributed by atoms with van der Waals surface area (Å²) in [6.07, 6.45) is -0.0844. The molecule has 0 spiro atoms. The first-order chi connectivity index (χ1) is 31.9. The highest BCUT2D eigenvalue weighted by Crippen LogP contribution is 2.19. The van der Waals surface area contributed by atoms with E-state index in [-0.39, 0.29) is 56.3 Å². The zero-order valence-corrected chi connectivity index (χ0v) is 40.6. The number of nitrogens with one attached hydrogen (secondary N) is 6. The number of likely N-dealkylation sites (tertiary alicyclic amines) is 1. The van der Waals surface area contributed by atoms with Gasteiger partial charge in [-0.15, -0.1) is 0 Å². The monoisotopic (exact) mass is 968 g/mol. The summed E-state index contributed by atoms with van der Waals surface area (Å²) in [5.74, 6) is -9.69. The third-order valence-electron chi connectivity index (χ3n) is 11.4. The maximum Gasteiger partial charge on any atom is 0.245 e. The Kier molecular flexibility index (Phi) is 27.5. The molecule has 0 radical (unpaired) electrons. The first kappa shape index (κ1) is 60.6. The van der Waals surface area contributed by atoms with Gasteiger partial charge in [0.05, 0.1) is 37.8 Å². The lowest BCUT2D eigenvalue weighted by Gasteiger charge is -2.27. The van der Waals surface area contributed by atoms with Crippen molar-refractivity contribution in [1.82, 2.24) is 36.8 Å². The Labute approximate surface area is 398 Å². The van der Waals surface area contributed by atoms with Gasteiger partial charge in [-0.1, -0.05) is 34.1 Å². The van der Waals surface area contributed by atoms with Crippen molar-refractivity contribution in [2.75, 3.05) is 32.8 Å². The molecule has 8 amide bonds. The molecule has 0 aromatic rings. The van der Waals surface area contributed by atoms with Crippen LogP contribution in [0.2, 0.25) is 0 Å². The van der Waals surface area contributed by atoms with Crippen molar-refractivity contribution in [3.8, 4) is 0 Å². The molecule has 1 aliphatic rings. The lowest BCUT2D eigenvalue weighted by atomic mass is 9.92. The third-order valence-corrected chi connectivity index (χ3v) is 11.4. The first-order valence-corrected chi connectivity index (χ1v) is 23.4. The molecule has 1 rings (SSSR count). The van der Waals surface area contributed by atoms with Crippen molar-refractivity contribution in [2.24, 2.45) is 35.1 Å². The van der Waals surface area contributed by atoms with Gasteiger partial charge in [0.2, 0.25) is 47.3 Å². The predicted octanol–water partition coefficient (Wildman–Crippen LogP) is -2.87. The number of nitrogens with two attached hydrogens (primary N) is 2. The van der Waals surface area contributed by atoms with E-state index in [1.54, 1.807) is 13.8 Å². The van der Waals surface area contributed by atoms with Crippen LogP contribution in [0.5, 0.6) is 0 Å². The molecule has 13 N–H and O–H groups in total. The quantitative estimate of drug-likeness (QED) is 0.0295. The highest BCUT2D eigenvalue weighted by Gasteiger charge is 2.37. The molecule has 23 heteroatoms. The molecule has 0 aromatic carbocycles. The van der Waals surface area contributed by atoms with Gasteiger partial charge in [-0.3, -0.25) is 47.9 Å². The van der Waals surface area contributed by atoms with Crippen LogP contribution in [-0.4, -0.2) is 160 Å². The largest absolute Gasteiger partial charge is 0.394 e. The minimum atomic E-state index is -1.52. The molecule has 386 valence electrons. The zero-order chi connectivity index (χ0) is 51.8. The average Bonchev–Trinajstić information content (AvgIpc) is 3.76. The van der Waals surface area contributed by atoms with Gasteiger partial charge in [0.15, 0.2) is 11.6 Å². The minimum absolute atomic E-state index is 0.000136. The molecule has 1 saturated heterocycles. The van der Waals surface area contributed by atoms with E-state index in [1.165, 1.54) is 25.7 Å². The van der Waals surface area contributed by atoms with E-state index in [1.807, 2.05) is 13.8 Å². The number of Topliss-reactive ketones (excluding diaryl/α,β-unsaturated/α-hetero) is 3. The van der Waals surface area contributed by atoms with Gasteiger partial charge < -0.3 is 68.4 Å². The number of hydrogen-bond acceptors (Lipinski definition) is 15. The number of rotatable bonds is 33. The zero-order valence-electron chi connectivity index (χ0n) is 40.6. The number of carbonyl (C=O) groups is 11. The number of aliphatic hydroxyl groups excluding tert-OH is 3. The molecule has 1 fully saturated rings. The lowest BCUT2D eigenvalue weighted by molar-refractivity contribution is -0.141. The van der Waals surface area contributed by atoms with E-state index >= 15 is 0 Å². The number of amides is 8. The van der Waals surface area contributed by atoms with E-state index in [4.69, 9.17) is 11.5 Å². The van der Waals surface area contributed by atoms with Crippen molar-refractivity contribution < 1.29 is 68.1 Å². The fourth-order valence-corrected chi connectivity index (χ4v) is 7.58. The Morgan fingerprint density at radius 3 is 1.81 bits per heavy atom. The SMILES string of the molecule is CC(=O)C[C@@H](CCCCN)C(=O)N[C@@H](CC(C)C)C(=O)CCC(=O)N[C@@H](CO)C(=O)C[C@H](C(=O)NCC(=O)N1CCC[C@H]1C(=O)N[C@@H](C)C(=O)N[C@@H](CO)C(=O)N[C@@H](CC(C)C)C(N)=O)[C@@H](C)O. The molecule has 9 atom stereocenters. The van der Waals surface area contributed by atoms with Gasteiger partial charge >= 0.3 is 0 Å². The molecule has 0 aliphatic carbocycles. The highest BCUT2D eigenvalue weighted by atomic mass is 16.3. The van der Waals surface area contributed by atoms with E-state index < -0.39 is 146 Å². The van der Waals surface area contributed by atoms with Crippen LogP contribution in [0.15, 0.2) is 0 Å². The number of primary amides is 1. The molecular weight excluding hydrogens is 891 g/mol. The summed E-state index contributed by atoms with van der Waals surface area (Å²) in [6, 6.07) is -7.31. The number of unbranched alkanes of at least 4 members (excludes halogenated alkanes) is 1.